The van der Waals surface area contributed by atoms with Crippen LogP contribution in [0.5, 0.6) is 0 Å². The molecule has 0 bridgehead atoms. The van der Waals surface area contributed by atoms with E-state index in [1.165, 1.54) is 4.90 Å². The molecule has 1 heterocycles. The Morgan fingerprint density at radius 1 is 1.30 bits per heavy atom. The summed E-state index contributed by atoms with van der Waals surface area (Å²) in [5.41, 5.74) is 1.68. The first-order valence-electron chi connectivity index (χ1n) is 6.64. The number of aryl methyl sites for hydroxylation is 2. The van der Waals surface area contributed by atoms with Crippen molar-refractivity contribution in [3.05, 3.63) is 23.0 Å². The fraction of sp³-hybridized carbons (Fsp3) is 0.571. The number of amides is 1. The van der Waals surface area contributed by atoms with E-state index in [2.05, 4.69) is 10.2 Å². The zero-order valence-corrected chi connectivity index (χ0v) is 12.6. The maximum atomic E-state index is 12.5. The van der Waals surface area contributed by atoms with E-state index in [-0.39, 0.29) is 18.5 Å². The molecular weight excluding hydrogens is 258 g/mol. The molecule has 1 rings (SSSR count). The van der Waals surface area contributed by atoms with Gasteiger partial charge in [-0.15, -0.1) is 0 Å². The van der Waals surface area contributed by atoms with Crippen LogP contribution < -0.4 is 0 Å². The van der Waals surface area contributed by atoms with E-state index >= 15 is 0 Å². The van der Waals surface area contributed by atoms with Gasteiger partial charge in [0, 0.05) is 6.04 Å². The lowest BCUT2D eigenvalue weighted by atomic mass is 10.1. The Bertz CT molecular complexity index is 500. The zero-order valence-electron chi connectivity index (χ0n) is 12.6. The predicted molar refractivity (Wildman–Crippen MR) is 74.3 cm³/mol. The van der Waals surface area contributed by atoms with Gasteiger partial charge in [0.15, 0.2) is 0 Å². The molecule has 6 heteroatoms. The van der Waals surface area contributed by atoms with Crippen LogP contribution in [-0.4, -0.2) is 46.2 Å². The Labute approximate surface area is 119 Å². The number of nitrogens with zero attached hydrogens (tertiary/aromatic N) is 3. The van der Waals surface area contributed by atoms with Gasteiger partial charge in [-0.2, -0.15) is 10.2 Å². The van der Waals surface area contributed by atoms with Gasteiger partial charge in [0.25, 0.3) is 5.91 Å². The molecule has 110 valence electrons. The highest BCUT2D eigenvalue weighted by atomic mass is 16.5. The molecule has 0 aliphatic heterocycles. The third-order valence-corrected chi connectivity index (χ3v) is 2.82. The van der Waals surface area contributed by atoms with Crippen LogP contribution in [0.25, 0.3) is 0 Å². The summed E-state index contributed by atoms with van der Waals surface area (Å²) in [6.07, 6.45) is 0. The van der Waals surface area contributed by atoms with Crippen LogP contribution in [0.4, 0.5) is 0 Å². The van der Waals surface area contributed by atoms with Crippen LogP contribution in [0.15, 0.2) is 6.07 Å². The van der Waals surface area contributed by atoms with Gasteiger partial charge in [0.2, 0.25) is 0 Å². The summed E-state index contributed by atoms with van der Waals surface area (Å²) in [4.78, 5) is 25.6. The second-order valence-electron chi connectivity index (χ2n) is 4.82. The van der Waals surface area contributed by atoms with Gasteiger partial charge < -0.3 is 9.64 Å². The molecule has 0 unspecified atom stereocenters. The topological polar surface area (TPSA) is 72.4 Å². The molecule has 6 nitrogen and oxygen atoms in total. The Morgan fingerprint density at radius 2 is 1.95 bits per heavy atom. The SMILES string of the molecule is CCOC(=O)CN(C(=O)c1cc(C)nnc1C)C(C)C. The third-order valence-electron chi connectivity index (χ3n) is 2.82. The van der Waals surface area contributed by atoms with Crippen molar-refractivity contribution in [2.75, 3.05) is 13.2 Å². The monoisotopic (exact) mass is 279 g/mol. The molecule has 1 aromatic heterocycles. The molecule has 0 fully saturated rings. The van der Waals surface area contributed by atoms with Crippen LogP contribution in [0.2, 0.25) is 0 Å². The average molecular weight is 279 g/mol. The minimum Gasteiger partial charge on any atom is -0.465 e. The molecule has 0 N–H and O–H groups in total. The second-order valence-corrected chi connectivity index (χ2v) is 4.82. The first-order valence-corrected chi connectivity index (χ1v) is 6.64. The summed E-state index contributed by atoms with van der Waals surface area (Å²) in [5, 5.41) is 7.85. The van der Waals surface area contributed by atoms with Crippen LogP contribution in [0.3, 0.4) is 0 Å². The summed E-state index contributed by atoms with van der Waals surface area (Å²) in [6, 6.07) is 1.57. The van der Waals surface area contributed by atoms with E-state index in [0.29, 0.717) is 23.6 Å². The lowest BCUT2D eigenvalue weighted by molar-refractivity contribution is -0.144. The fourth-order valence-corrected chi connectivity index (χ4v) is 1.76. The number of carbonyl (C=O) groups excluding carboxylic acids is 2. The van der Waals surface area contributed by atoms with Gasteiger partial charge in [-0.05, 0) is 40.7 Å². The molecule has 1 aromatic rings. The lowest BCUT2D eigenvalue weighted by Gasteiger charge is -2.26. The minimum absolute atomic E-state index is 0.0643. The molecule has 0 radical (unpaired) electrons. The molecule has 1 amide bonds. The Hall–Kier alpha value is -1.98. The van der Waals surface area contributed by atoms with Crippen molar-refractivity contribution in [3.8, 4) is 0 Å². The number of ether oxygens (including phenoxy) is 1. The summed E-state index contributed by atoms with van der Waals surface area (Å²) in [5.74, 6) is -0.644. The first kappa shape index (κ1) is 16.1. The van der Waals surface area contributed by atoms with Crippen LogP contribution in [-0.2, 0) is 9.53 Å². The highest BCUT2D eigenvalue weighted by Crippen LogP contribution is 2.12. The number of carbonyl (C=O) groups is 2. The zero-order chi connectivity index (χ0) is 15.3. The van der Waals surface area contributed by atoms with E-state index in [1.807, 2.05) is 13.8 Å². The second kappa shape index (κ2) is 6.98. The van der Waals surface area contributed by atoms with E-state index in [9.17, 15) is 9.59 Å². The van der Waals surface area contributed by atoms with Crippen LogP contribution in [0.1, 0.15) is 42.5 Å². The van der Waals surface area contributed by atoms with E-state index in [0.717, 1.165) is 0 Å². The van der Waals surface area contributed by atoms with Crippen molar-refractivity contribution < 1.29 is 14.3 Å². The Kier molecular flexibility index (Phi) is 5.61. The summed E-state index contributed by atoms with van der Waals surface area (Å²) in [6.45, 7) is 9.18. The van der Waals surface area contributed by atoms with Crippen molar-refractivity contribution in [2.24, 2.45) is 0 Å². The molecule has 0 aliphatic rings. The van der Waals surface area contributed by atoms with Crippen molar-refractivity contribution in [2.45, 2.75) is 40.7 Å². The van der Waals surface area contributed by atoms with Crippen molar-refractivity contribution in [1.82, 2.24) is 15.1 Å². The summed E-state index contributed by atoms with van der Waals surface area (Å²) < 4.78 is 4.90. The number of aromatic nitrogens is 2. The smallest absolute Gasteiger partial charge is 0.325 e. The Balaban J connectivity index is 2.99. The molecular formula is C14H21N3O3. The molecule has 0 aromatic carbocycles. The van der Waals surface area contributed by atoms with Crippen molar-refractivity contribution in [1.29, 1.82) is 0 Å². The quantitative estimate of drug-likeness (QED) is 0.764. The van der Waals surface area contributed by atoms with Gasteiger partial charge in [-0.3, -0.25) is 9.59 Å². The lowest BCUT2D eigenvalue weighted by Crippen LogP contribution is -2.41. The van der Waals surface area contributed by atoms with Gasteiger partial charge >= 0.3 is 5.97 Å². The van der Waals surface area contributed by atoms with Gasteiger partial charge in [0.05, 0.1) is 23.6 Å². The molecule has 20 heavy (non-hydrogen) atoms. The maximum Gasteiger partial charge on any atom is 0.325 e. The van der Waals surface area contributed by atoms with Crippen molar-refractivity contribution >= 4 is 11.9 Å². The van der Waals surface area contributed by atoms with E-state index in [4.69, 9.17) is 4.74 Å². The van der Waals surface area contributed by atoms with Crippen LogP contribution >= 0.6 is 0 Å². The first-order chi connectivity index (χ1) is 9.36. The number of rotatable bonds is 5. The fourth-order valence-electron chi connectivity index (χ4n) is 1.76. The molecule has 0 atom stereocenters. The normalized spacial score (nSPS) is 10.5. The molecule has 0 saturated heterocycles. The largest absolute Gasteiger partial charge is 0.465 e. The van der Waals surface area contributed by atoms with Crippen molar-refractivity contribution in [3.63, 3.8) is 0 Å². The minimum atomic E-state index is -0.411. The predicted octanol–water partition coefficient (Wildman–Crippen LogP) is 1.51. The standard InChI is InChI=1S/C14H21N3O3/c1-6-20-13(18)8-17(9(2)3)14(19)12-7-10(4)15-16-11(12)5/h7,9H,6,8H2,1-5H3. The third kappa shape index (κ3) is 4.01. The highest BCUT2D eigenvalue weighted by Gasteiger charge is 2.24. The summed E-state index contributed by atoms with van der Waals surface area (Å²) in [7, 11) is 0. The number of esters is 1. The molecule has 0 saturated carbocycles. The number of hydrogen-bond donors (Lipinski definition) is 0. The average Bonchev–Trinajstić information content (AvgIpc) is 2.38. The maximum absolute atomic E-state index is 12.5. The summed E-state index contributed by atoms with van der Waals surface area (Å²) >= 11 is 0. The molecule has 0 aliphatic carbocycles. The van der Waals surface area contributed by atoms with E-state index < -0.39 is 5.97 Å². The highest BCUT2D eigenvalue weighted by molar-refractivity contribution is 5.97. The van der Waals surface area contributed by atoms with Gasteiger partial charge in [-0.25, -0.2) is 0 Å². The van der Waals surface area contributed by atoms with E-state index in [1.54, 1.807) is 26.8 Å². The Morgan fingerprint density at radius 3 is 2.50 bits per heavy atom. The molecule has 0 spiro atoms. The number of hydrogen-bond acceptors (Lipinski definition) is 5. The van der Waals surface area contributed by atoms with Gasteiger partial charge in [-0.1, -0.05) is 0 Å². The van der Waals surface area contributed by atoms with Gasteiger partial charge in [0.1, 0.15) is 6.54 Å². The van der Waals surface area contributed by atoms with Crippen LogP contribution in [0, 0.1) is 13.8 Å².